The third-order valence-electron chi connectivity index (χ3n) is 3.90. The van der Waals surface area contributed by atoms with Crippen molar-refractivity contribution in [1.82, 2.24) is 9.78 Å². The molecule has 2 aromatic carbocycles. The Labute approximate surface area is 166 Å². The number of rotatable bonds is 4. The van der Waals surface area contributed by atoms with Gasteiger partial charge in [0.1, 0.15) is 5.02 Å². The van der Waals surface area contributed by atoms with Gasteiger partial charge in [-0.15, -0.1) is 0 Å². The smallest absolute Gasteiger partial charge is 0.257 e. The number of carbonyl (C=O) groups excluding carboxylic acids is 1. The molecule has 1 amide bonds. The van der Waals surface area contributed by atoms with Crippen LogP contribution in [0, 0.1) is 13.8 Å². The lowest BCUT2D eigenvalue weighted by molar-refractivity contribution is 0.102. The molecule has 7 heteroatoms. The minimum Gasteiger partial charge on any atom is -0.304 e. The minimum atomic E-state index is -0.246. The second-order valence-electron chi connectivity index (χ2n) is 6.04. The first-order chi connectivity index (χ1) is 12.3. The van der Waals surface area contributed by atoms with Gasteiger partial charge < -0.3 is 5.32 Å². The second-order valence-corrected chi connectivity index (χ2v) is 7.27. The average molecular weight is 409 g/mol. The number of aryl methyl sites for hydroxylation is 2. The lowest BCUT2D eigenvalue weighted by Crippen LogP contribution is -2.14. The van der Waals surface area contributed by atoms with Gasteiger partial charge >= 0.3 is 0 Å². The van der Waals surface area contributed by atoms with Gasteiger partial charge in [-0.1, -0.05) is 58.6 Å². The molecular formula is C19H16Cl3N3O. The van der Waals surface area contributed by atoms with Crippen LogP contribution in [-0.4, -0.2) is 15.7 Å². The molecule has 0 aliphatic carbocycles. The van der Waals surface area contributed by atoms with Crippen LogP contribution in [0.3, 0.4) is 0 Å². The molecule has 3 aromatic rings. The van der Waals surface area contributed by atoms with E-state index < -0.39 is 0 Å². The molecule has 1 heterocycles. The molecule has 0 unspecified atom stereocenters. The zero-order valence-corrected chi connectivity index (χ0v) is 16.5. The van der Waals surface area contributed by atoms with Crippen LogP contribution in [0.5, 0.6) is 0 Å². The summed E-state index contributed by atoms with van der Waals surface area (Å²) in [5.74, 6) is 0.0703. The quantitative estimate of drug-likeness (QED) is 0.596. The van der Waals surface area contributed by atoms with Gasteiger partial charge in [-0.3, -0.25) is 9.48 Å². The molecule has 134 valence electrons. The summed E-state index contributed by atoms with van der Waals surface area (Å²) in [4.78, 5) is 12.5. The summed E-state index contributed by atoms with van der Waals surface area (Å²) in [5.41, 5.74) is 3.51. The highest BCUT2D eigenvalue weighted by Gasteiger charge is 2.14. The highest BCUT2D eigenvalue weighted by molar-refractivity contribution is 6.42. The molecule has 0 bridgehead atoms. The van der Waals surface area contributed by atoms with Crippen molar-refractivity contribution in [2.24, 2.45) is 0 Å². The van der Waals surface area contributed by atoms with Crippen molar-refractivity contribution in [3.05, 3.63) is 79.9 Å². The molecular weight excluding hydrogens is 393 g/mol. The van der Waals surface area contributed by atoms with E-state index in [1.165, 1.54) is 0 Å². The number of benzene rings is 2. The first kappa shape index (κ1) is 18.8. The SMILES string of the molecule is Cc1ccc(C(=O)Nc2nn(Cc3ccc(Cl)c(Cl)c3)cc2Cl)c(C)c1. The number of halogens is 3. The van der Waals surface area contributed by atoms with Crippen molar-refractivity contribution in [2.75, 3.05) is 5.32 Å². The molecule has 0 spiro atoms. The fraction of sp³-hybridized carbons (Fsp3) is 0.158. The molecule has 0 saturated carbocycles. The zero-order valence-electron chi connectivity index (χ0n) is 14.2. The average Bonchev–Trinajstić information content (AvgIpc) is 2.90. The Hall–Kier alpha value is -2.01. The Balaban J connectivity index is 1.77. The summed E-state index contributed by atoms with van der Waals surface area (Å²) in [7, 11) is 0. The summed E-state index contributed by atoms with van der Waals surface area (Å²) in [5, 5.41) is 8.45. The van der Waals surface area contributed by atoms with Crippen LogP contribution in [0.4, 0.5) is 5.82 Å². The van der Waals surface area contributed by atoms with Crippen molar-refractivity contribution in [2.45, 2.75) is 20.4 Å². The summed E-state index contributed by atoms with van der Waals surface area (Å²) in [6, 6.07) is 11.0. The standard InChI is InChI=1S/C19H16Cl3N3O/c1-11-3-5-14(12(2)7-11)19(26)23-18-17(22)10-25(24-18)9-13-4-6-15(20)16(21)8-13/h3-8,10H,9H2,1-2H3,(H,23,24,26). The summed E-state index contributed by atoms with van der Waals surface area (Å²) < 4.78 is 1.64. The van der Waals surface area contributed by atoms with E-state index in [0.717, 1.165) is 16.7 Å². The summed E-state index contributed by atoms with van der Waals surface area (Å²) >= 11 is 18.2. The maximum Gasteiger partial charge on any atom is 0.257 e. The van der Waals surface area contributed by atoms with E-state index in [4.69, 9.17) is 34.8 Å². The predicted octanol–water partition coefficient (Wildman–Crippen LogP) is 5.76. The molecule has 0 atom stereocenters. The van der Waals surface area contributed by atoms with Crippen molar-refractivity contribution in [1.29, 1.82) is 0 Å². The zero-order chi connectivity index (χ0) is 18.8. The van der Waals surface area contributed by atoms with Gasteiger partial charge in [0.2, 0.25) is 0 Å². The fourth-order valence-electron chi connectivity index (χ4n) is 2.63. The maximum atomic E-state index is 12.5. The van der Waals surface area contributed by atoms with Gasteiger partial charge in [0.05, 0.1) is 16.6 Å². The monoisotopic (exact) mass is 407 g/mol. The number of hydrogen-bond acceptors (Lipinski definition) is 2. The maximum absolute atomic E-state index is 12.5. The number of anilines is 1. The van der Waals surface area contributed by atoms with Crippen molar-refractivity contribution >= 4 is 46.5 Å². The molecule has 4 nitrogen and oxygen atoms in total. The van der Waals surface area contributed by atoms with Crippen LogP contribution in [0.2, 0.25) is 15.1 Å². The molecule has 0 aliphatic heterocycles. The van der Waals surface area contributed by atoms with E-state index in [1.54, 1.807) is 29.1 Å². The van der Waals surface area contributed by atoms with Crippen molar-refractivity contribution in [3.8, 4) is 0 Å². The Bertz CT molecular complexity index is 982. The molecule has 0 radical (unpaired) electrons. The lowest BCUT2D eigenvalue weighted by atomic mass is 10.1. The highest BCUT2D eigenvalue weighted by atomic mass is 35.5. The third kappa shape index (κ3) is 4.21. The summed E-state index contributed by atoms with van der Waals surface area (Å²) in [6.45, 7) is 4.33. The van der Waals surface area contributed by atoms with Crippen LogP contribution < -0.4 is 5.32 Å². The van der Waals surface area contributed by atoms with E-state index in [1.807, 2.05) is 32.0 Å². The van der Waals surface area contributed by atoms with Crippen molar-refractivity contribution < 1.29 is 4.79 Å². The highest BCUT2D eigenvalue weighted by Crippen LogP contribution is 2.25. The molecule has 1 aromatic heterocycles. The third-order valence-corrected chi connectivity index (χ3v) is 4.92. The number of nitrogens with one attached hydrogen (secondary N) is 1. The van der Waals surface area contributed by atoms with E-state index in [2.05, 4.69) is 10.4 Å². The Kier molecular flexibility index (Phi) is 5.56. The van der Waals surface area contributed by atoms with Gasteiger partial charge in [-0.2, -0.15) is 5.10 Å². The number of nitrogens with zero attached hydrogens (tertiary/aromatic N) is 2. The Morgan fingerprint density at radius 1 is 1.04 bits per heavy atom. The van der Waals surface area contributed by atoms with Crippen molar-refractivity contribution in [3.63, 3.8) is 0 Å². The molecule has 26 heavy (non-hydrogen) atoms. The van der Waals surface area contributed by atoms with Crippen LogP contribution in [0.25, 0.3) is 0 Å². The Morgan fingerprint density at radius 3 is 2.50 bits per heavy atom. The number of aromatic nitrogens is 2. The van der Waals surface area contributed by atoms with Gasteiger partial charge in [0.25, 0.3) is 5.91 Å². The predicted molar refractivity (Wildman–Crippen MR) is 107 cm³/mol. The van der Waals surface area contributed by atoms with E-state index in [0.29, 0.717) is 33.0 Å². The normalized spacial score (nSPS) is 10.8. The first-order valence-electron chi connectivity index (χ1n) is 7.89. The molecule has 3 rings (SSSR count). The molecule has 0 fully saturated rings. The van der Waals surface area contributed by atoms with E-state index in [-0.39, 0.29) is 5.91 Å². The van der Waals surface area contributed by atoms with Gasteiger partial charge in [0, 0.05) is 11.8 Å². The largest absolute Gasteiger partial charge is 0.304 e. The number of carbonyl (C=O) groups is 1. The minimum absolute atomic E-state index is 0.246. The lowest BCUT2D eigenvalue weighted by Gasteiger charge is -2.07. The van der Waals surface area contributed by atoms with Gasteiger partial charge in [0.15, 0.2) is 5.82 Å². The molecule has 0 aliphatic rings. The van der Waals surface area contributed by atoms with E-state index in [9.17, 15) is 4.79 Å². The van der Waals surface area contributed by atoms with Gasteiger partial charge in [-0.05, 0) is 43.2 Å². The van der Waals surface area contributed by atoms with Crippen LogP contribution in [0.1, 0.15) is 27.0 Å². The Morgan fingerprint density at radius 2 is 1.81 bits per heavy atom. The van der Waals surface area contributed by atoms with Crippen LogP contribution in [0.15, 0.2) is 42.6 Å². The topological polar surface area (TPSA) is 46.9 Å². The fourth-order valence-corrected chi connectivity index (χ4v) is 3.15. The molecule has 0 saturated heterocycles. The van der Waals surface area contributed by atoms with Gasteiger partial charge in [-0.25, -0.2) is 0 Å². The molecule has 1 N–H and O–H groups in total. The first-order valence-corrected chi connectivity index (χ1v) is 9.02. The second kappa shape index (κ2) is 7.70. The number of amides is 1. The number of hydrogen-bond donors (Lipinski definition) is 1. The van der Waals surface area contributed by atoms with Crippen LogP contribution in [-0.2, 0) is 6.54 Å². The summed E-state index contributed by atoms with van der Waals surface area (Å²) in [6.07, 6.45) is 1.65. The van der Waals surface area contributed by atoms with Crippen LogP contribution >= 0.6 is 34.8 Å². The van der Waals surface area contributed by atoms with E-state index >= 15 is 0 Å².